The molecule has 0 saturated carbocycles. The molecule has 0 radical (unpaired) electrons. The van der Waals surface area contributed by atoms with E-state index in [0.717, 1.165) is 10.9 Å². The Morgan fingerprint density at radius 2 is 1.57 bits per heavy atom. The molecule has 0 spiro atoms. The lowest BCUT2D eigenvalue weighted by Crippen LogP contribution is -2.58. The molecule has 4 amide bonds. The fourth-order valence-electron chi connectivity index (χ4n) is 4.01. The summed E-state index contributed by atoms with van der Waals surface area (Å²) >= 11 is 0. The van der Waals surface area contributed by atoms with Crippen molar-refractivity contribution < 1.29 is 34.2 Å². The summed E-state index contributed by atoms with van der Waals surface area (Å²) in [6.45, 7) is -0.655. The maximum atomic E-state index is 13.4. The van der Waals surface area contributed by atoms with Gasteiger partial charge in [0.2, 0.25) is 23.6 Å². The minimum absolute atomic E-state index is 0.0371. The number of carbonyl (C=O) groups excluding carboxylic acids is 4. The number of imidazole rings is 1. The van der Waals surface area contributed by atoms with Gasteiger partial charge in [0.15, 0.2) is 0 Å². The summed E-state index contributed by atoms with van der Waals surface area (Å²) in [5.74, 6) is -4.50. The molecule has 3 rings (SSSR count). The number of nitrogens with two attached hydrogens (primary N) is 2. The van der Waals surface area contributed by atoms with Crippen molar-refractivity contribution in [3.8, 4) is 0 Å². The van der Waals surface area contributed by atoms with Crippen molar-refractivity contribution in [1.82, 2.24) is 30.9 Å². The molecule has 2 heterocycles. The van der Waals surface area contributed by atoms with Crippen LogP contribution in [-0.4, -0.2) is 85.5 Å². The van der Waals surface area contributed by atoms with Crippen molar-refractivity contribution in [2.24, 2.45) is 11.5 Å². The van der Waals surface area contributed by atoms with Gasteiger partial charge in [0.05, 0.1) is 12.9 Å². The third-order valence-electron chi connectivity index (χ3n) is 6.17. The summed E-state index contributed by atoms with van der Waals surface area (Å²) in [5, 5.41) is 27.0. The first-order chi connectivity index (χ1) is 19.1. The van der Waals surface area contributed by atoms with Gasteiger partial charge in [-0.05, 0) is 18.1 Å². The van der Waals surface area contributed by atoms with Crippen molar-refractivity contribution >= 4 is 40.5 Å². The number of rotatable bonds is 15. The van der Waals surface area contributed by atoms with Crippen molar-refractivity contribution in [2.75, 3.05) is 6.61 Å². The predicted molar refractivity (Wildman–Crippen MR) is 141 cm³/mol. The van der Waals surface area contributed by atoms with E-state index in [1.54, 1.807) is 12.3 Å². The van der Waals surface area contributed by atoms with Crippen LogP contribution in [-0.2, 0) is 36.8 Å². The molecule has 214 valence electrons. The van der Waals surface area contributed by atoms with E-state index >= 15 is 0 Å². The summed E-state index contributed by atoms with van der Waals surface area (Å²) < 4.78 is 0. The maximum absolute atomic E-state index is 13.4. The number of carboxylic acids is 1. The number of hydrogen-bond donors (Lipinski definition) is 9. The minimum atomic E-state index is -1.44. The lowest BCUT2D eigenvalue weighted by atomic mass is 10.0. The smallest absolute Gasteiger partial charge is 0.326 e. The average Bonchev–Trinajstić information content (AvgIpc) is 3.59. The Kier molecular flexibility index (Phi) is 10.3. The molecule has 3 aromatic rings. The van der Waals surface area contributed by atoms with Gasteiger partial charge in [0, 0.05) is 48.3 Å². The highest BCUT2D eigenvalue weighted by molar-refractivity contribution is 5.95. The first kappa shape index (κ1) is 29.8. The largest absolute Gasteiger partial charge is 0.480 e. The average molecular weight is 557 g/mol. The zero-order chi connectivity index (χ0) is 29.2. The van der Waals surface area contributed by atoms with E-state index in [-0.39, 0.29) is 25.7 Å². The Labute approximate surface area is 228 Å². The second-order valence-corrected chi connectivity index (χ2v) is 9.16. The number of H-pyrrole nitrogens is 2. The second-order valence-electron chi connectivity index (χ2n) is 9.16. The van der Waals surface area contributed by atoms with Gasteiger partial charge in [-0.3, -0.25) is 19.2 Å². The number of benzene rings is 1. The summed E-state index contributed by atoms with van der Waals surface area (Å²) in [4.78, 5) is 71.9. The topological polar surface area (TPSA) is 258 Å². The molecular formula is C25H32N8O7. The third kappa shape index (κ3) is 8.12. The van der Waals surface area contributed by atoms with Gasteiger partial charge in [-0.15, -0.1) is 0 Å². The van der Waals surface area contributed by atoms with Crippen LogP contribution in [0.15, 0.2) is 43.0 Å². The Bertz CT molecular complexity index is 1340. The number of fused-ring (bicyclic) bond motifs is 1. The number of para-hydroxylation sites is 1. The number of carbonyl (C=O) groups is 5. The van der Waals surface area contributed by atoms with E-state index in [2.05, 4.69) is 30.9 Å². The van der Waals surface area contributed by atoms with Crippen LogP contribution in [0.25, 0.3) is 10.9 Å². The van der Waals surface area contributed by atoms with Crippen LogP contribution >= 0.6 is 0 Å². The highest BCUT2D eigenvalue weighted by Crippen LogP contribution is 2.19. The van der Waals surface area contributed by atoms with E-state index in [1.165, 1.54) is 12.5 Å². The van der Waals surface area contributed by atoms with Gasteiger partial charge >= 0.3 is 5.97 Å². The highest BCUT2D eigenvalue weighted by Gasteiger charge is 2.31. The van der Waals surface area contributed by atoms with Crippen molar-refractivity contribution in [3.05, 3.63) is 54.2 Å². The standard InChI is InChI=1S/C25H32N8O7/c26-16(11-34)22(36)32-20(8-14-10-28-12-30-14)24(38)33-19(7-13-9-29-17-4-2-1-3-15(13)17)23(37)31-18(25(39)40)5-6-21(27)35/h1-4,9-10,12,16,18-20,29,34H,5-8,11,26H2,(H2,27,35)(H,28,30)(H,31,37)(H,32,36)(H,33,38)(H,39,40). The number of nitrogens with one attached hydrogen (secondary N) is 5. The van der Waals surface area contributed by atoms with Crippen LogP contribution < -0.4 is 27.4 Å². The van der Waals surface area contributed by atoms with E-state index in [0.29, 0.717) is 11.3 Å². The van der Waals surface area contributed by atoms with Crippen LogP contribution in [0.2, 0.25) is 0 Å². The number of amides is 4. The number of hydrogen-bond acceptors (Lipinski definition) is 8. The molecule has 0 aliphatic heterocycles. The molecule has 40 heavy (non-hydrogen) atoms. The minimum Gasteiger partial charge on any atom is -0.480 e. The molecule has 0 saturated heterocycles. The van der Waals surface area contributed by atoms with Gasteiger partial charge < -0.3 is 47.6 Å². The van der Waals surface area contributed by atoms with Crippen molar-refractivity contribution in [3.63, 3.8) is 0 Å². The second kappa shape index (κ2) is 13.9. The number of aliphatic carboxylic acids is 1. The molecule has 0 bridgehead atoms. The van der Waals surface area contributed by atoms with Crippen LogP contribution in [0.3, 0.4) is 0 Å². The number of aliphatic hydroxyl groups is 1. The molecule has 15 nitrogen and oxygen atoms in total. The Hall–Kier alpha value is -4.76. The normalized spacial score (nSPS) is 14.1. The summed E-state index contributed by atoms with van der Waals surface area (Å²) in [6, 6.07) is 2.04. The van der Waals surface area contributed by atoms with Gasteiger partial charge in [-0.25, -0.2) is 9.78 Å². The zero-order valence-corrected chi connectivity index (χ0v) is 21.4. The van der Waals surface area contributed by atoms with Crippen LogP contribution in [0, 0.1) is 0 Å². The zero-order valence-electron chi connectivity index (χ0n) is 21.4. The Balaban J connectivity index is 1.87. The summed E-state index contributed by atoms with van der Waals surface area (Å²) in [7, 11) is 0. The molecule has 4 atom stereocenters. The van der Waals surface area contributed by atoms with E-state index in [1.807, 2.05) is 18.2 Å². The van der Waals surface area contributed by atoms with Gasteiger partial charge in [0.25, 0.3) is 0 Å². The quantitative estimate of drug-likeness (QED) is 0.0982. The number of nitrogens with zero attached hydrogens (tertiary/aromatic N) is 1. The number of aromatic amines is 2. The van der Waals surface area contributed by atoms with Crippen LogP contribution in [0.1, 0.15) is 24.1 Å². The van der Waals surface area contributed by atoms with Gasteiger partial charge in [-0.2, -0.15) is 0 Å². The van der Waals surface area contributed by atoms with E-state index in [4.69, 9.17) is 11.5 Å². The molecule has 0 aliphatic rings. The lowest BCUT2D eigenvalue weighted by Gasteiger charge is -2.25. The van der Waals surface area contributed by atoms with Gasteiger partial charge in [-0.1, -0.05) is 18.2 Å². The summed E-state index contributed by atoms with van der Waals surface area (Å²) in [5.41, 5.74) is 12.7. The molecule has 11 N–H and O–H groups in total. The SMILES string of the molecule is NC(=O)CCC(NC(=O)C(Cc1c[nH]c2ccccc12)NC(=O)C(Cc1cnc[nH]1)NC(=O)C(N)CO)C(=O)O. The third-order valence-corrected chi connectivity index (χ3v) is 6.17. The lowest BCUT2D eigenvalue weighted by molar-refractivity contribution is -0.142. The van der Waals surface area contributed by atoms with Crippen LogP contribution in [0.4, 0.5) is 0 Å². The molecule has 0 aliphatic carbocycles. The Morgan fingerprint density at radius 1 is 0.925 bits per heavy atom. The van der Waals surface area contributed by atoms with Crippen molar-refractivity contribution in [1.29, 1.82) is 0 Å². The fourth-order valence-corrected chi connectivity index (χ4v) is 4.01. The first-order valence-electron chi connectivity index (χ1n) is 12.4. The highest BCUT2D eigenvalue weighted by atomic mass is 16.4. The number of aromatic nitrogens is 3. The maximum Gasteiger partial charge on any atom is 0.326 e. The van der Waals surface area contributed by atoms with E-state index < -0.39 is 60.4 Å². The number of aliphatic hydroxyl groups excluding tert-OH is 1. The van der Waals surface area contributed by atoms with Gasteiger partial charge in [0.1, 0.15) is 24.2 Å². The number of carboxylic acid groups (broad SMARTS) is 1. The Morgan fingerprint density at radius 3 is 2.20 bits per heavy atom. The molecule has 15 heteroatoms. The molecular weight excluding hydrogens is 524 g/mol. The fraction of sp³-hybridized carbons (Fsp3) is 0.360. The number of primary amides is 1. The molecule has 2 aromatic heterocycles. The molecule has 4 unspecified atom stereocenters. The predicted octanol–water partition coefficient (Wildman–Crippen LogP) is -2.20. The van der Waals surface area contributed by atoms with Crippen molar-refractivity contribution in [2.45, 2.75) is 49.9 Å². The molecule has 0 fully saturated rings. The van der Waals surface area contributed by atoms with E-state index in [9.17, 15) is 34.2 Å². The molecule has 1 aromatic carbocycles. The van der Waals surface area contributed by atoms with Crippen LogP contribution in [0.5, 0.6) is 0 Å². The summed E-state index contributed by atoms with van der Waals surface area (Å²) in [6.07, 6.45) is 3.89. The monoisotopic (exact) mass is 556 g/mol. The first-order valence-corrected chi connectivity index (χ1v) is 12.4.